The summed E-state index contributed by atoms with van der Waals surface area (Å²) in [5, 5.41) is 9.57. The quantitative estimate of drug-likeness (QED) is 0.811. The molecule has 19 heavy (non-hydrogen) atoms. The van der Waals surface area contributed by atoms with Crippen LogP contribution in [0, 0.1) is 0 Å². The molecule has 2 aliphatic heterocycles. The minimum absolute atomic E-state index is 0.277. The Morgan fingerprint density at radius 3 is 2.26 bits per heavy atom. The third-order valence-corrected chi connectivity index (χ3v) is 3.71. The normalized spacial score (nSPS) is 27.7. The highest BCUT2D eigenvalue weighted by Gasteiger charge is 2.48. The van der Waals surface area contributed by atoms with Crippen LogP contribution < -0.4 is 0 Å². The molecule has 2 amide bonds. The molecule has 0 aliphatic carbocycles. The van der Waals surface area contributed by atoms with Crippen LogP contribution in [0.15, 0.2) is 30.3 Å². The Labute approximate surface area is 110 Å². The Morgan fingerprint density at radius 1 is 1.16 bits per heavy atom. The molecule has 100 valence electrons. The number of amides is 2. The molecule has 0 aromatic heterocycles. The first-order valence-corrected chi connectivity index (χ1v) is 6.40. The molecule has 3 rings (SSSR count). The van der Waals surface area contributed by atoms with E-state index in [0.29, 0.717) is 12.8 Å². The molecule has 5 heteroatoms. The van der Waals surface area contributed by atoms with E-state index in [4.69, 9.17) is 4.74 Å². The number of ether oxygens (including phenoxy) is 1. The summed E-state index contributed by atoms with van der Waals surface area (Å²) in [7, 11) is 0. The van der Waals surface area contributed by atoms with Gasteiger partial charge in [0, 0.05) is 0 Å². The third-order valence-electron chi connectivity index (χ3n) is 3.71. The predicted molar refractivity (Wildman–Crippen MR) is 66.0 cm³/mol. The lowest BCUT2D eigenvalue weighted by Crippen LogP contribution is -2.53. The molecule has 0 saturated carbocycles. The molecule has 2 bridgehead atoms. The number of rotatable bonds is 3. The van der Waals surface area contributed by atoms with Crippen LogP contribution in [-0.4, -0.2) is 40.6 Å². The number of fused-ring (bicyclic) bond motifs is 2. The molecule has 2 aliphatic rings. The molecule has 1 aromatic carbocycles. The van der Waals surface area contributed by atoms with Crippen molar-refractivity contribution >= 4 is 11.8 Å². The van der Waals surface area contributed by atoms with Crippen LogP contribution in [0.25, 0.3) is 0 Å². The van der Waals surface area contributed by atoms with E-state index in [1.54, 1.807) is 12.1 Å². The first-order valence-electron chi connectivity index (χ1n) is 6.40. The van der Waals surface area contributed by atoms with Crippen molar-refractivity contribution < 1.29 is 19.4 Å². The van der Waals surface area contributed by atoms with Gasteiger partial charge in [-0.2, -0.15) is 0 Å². The minimum atomic E-state index is -0.617. The predicted octanol–water partition coefficient (Wildman–Crippen LogP) is 0.636. The maximum atomic E-state index is 12.2. The van der Waals surface area contributed by atoms with Crippen LogP contribution in [0.3, 0.4) is 0 Å². The van der Waals surface area contributed by atoms with Crippen molar-refractivity contribution in [1.82, 2.24) is 4.90 Å². The third kappa shape index (κ3) is 1.95. The summed E-state index contributed by atoms with van der Waals surface area (Å²) in [6, 6.07) is 8.49. The van der Waals surface area contributed by atoms with Crippen LogP contribution in [0.2, 0.25) is 0 Å². The van der Waals surface area contributed by atoms with E-state index in [0.717, 1.165) is 5.56 Å². The Balaban J connectivity index is 1.95. The number of hydrogen-bond donors (Lipinski definition) is 1. The highest BCUT2D eigenvalue weighted by atomic mass is 16.5. The number of benzene rings is 1. The van der Waals surface area contributed by atoms with E-state index >= 15 is 0 Å². The molecule has 1 aromatic rings. The van der Waals surface area contributed by atoms with E-state index in [1.165, 1.54) is 4.90 Å². The first kappa shape index (κ1) is 12.3. The fraction of sp³-hybridized carbons (Fsp3) is 0.429. The minimum Gasteiger partial charge on any atom is -0.394 e. The van der Waals surface area contributed by atoms with Gasteiger partial charge >= 0.3 is 0 Å². The highest BCUT2D eigenvalue weighted by Crippen LogP contribution is 2.33. The van der Waals surface area contributed by atoms with Crippen LogP contribution in [0.4, 0.5) is 0 Å². The lowest BCUT2D eigenvalue weighted by atomic mass is 10.0. The van der Waals surface area contributed by atoms with Gasteiger partial charge in [-0.1, -0.05) is 30.3 Å². The first-order chi connectivity index (χ1) is 9.22. The fourth-order valence-electron chi connectivity index (χ4n) is 2.74. The van der Waals surface area contributed by atoms with Gasteiger partial charge in [0.1, 0.15) is 12.2 Å². The van der Waals surface area contributed by atoms with Gasteiger partial charge in [-0.3, -0.25) is 14.5 Å². The second-order valence-electron chi connectivity index (χ2n) is 4.85. The van der Waals surface area contributed by atoms with Crippen molar-refractivity contribution in [3.05, 3.63) is 35.9 Å². The average Bonchev–Trinajstić information content (AvgIpc) is 2.89. The Kier molecular flexibility index (Phi) is 3.08. The molecule has 2 heterocycles. The molecule has 3 atom stereocenters. The standard InChI is InChI=1S/C14H15NO4/c16-8-10(9-4-2-1-3-5-9)15-13(17)11-6-7-12(19-11)14(15)18/h1-5,10-12,16H,6-8H2/t10-,11?,12?/m0/s1. The number of aliphatic hydroxyl groups is 1. The number of nitrogens with zero attached hydrogens (tertiary/aromatic N) is 1. The second kappa shape index (κ2) is 4.75. The molecular weight excluding hydrogens is 246 g/mol. The van der Waals surface area contributed by atoms with Crippen molar-refractivity contribution in [3.8, 4) is 0 Å². The van der Waals surface area contributed by atoms with Crippen molar-refractivity contribution in [3.63, 3.8) is 0 Å². The Bertz CT molecular complexity index is 479. The zero-order valence-corrected chi connectivity index (χ0v) is 10.4. The molecule has 2 unspecified atom stereocenters. The van der Waals surface area contributed by atoms with E-state index in [2.05, 4.69) is 0 Å². The molecule has 5 nitrogen and oxygen atoms in total. The number of imide groups is 1. The summed E-state index contributed by atoms with van der Waals surface area (Å²) >= 11 is 0. The summed E-state index contributed by atoms with van der Waals surface area (Å²) in [6.45, 7) is -0.277. The lowest BCUT2D eigenvalue weighted by Gasteiger charge is -2.35. The van der Waals surface area contributed by atoms with Gasteiger partial charge < -0.3 is 9.84 Å². The average molecular weight is 261 g/mol. The van der Waals surface area contributed by atoms with E-state index in [-0.39, 0.29) is 18.4 Å². The van der Waals surface area contributed by atoms with Crippen molar-refractivity contribution in [2.75, 3.05) is 6.61 Å². The largest absolute Gasteiger partial charge is 0.394 e. The zero-order valence-electron chi connectivity index (χ0n) is 10.4. The summed E-state index contributed by atoms with van der Waals surface area (Å²) in [5.74, 6) is -0.664. The van der Waals surface area contributed by atoms with Gasteiger partial charge in [0.05, 0.1) is 12.6 Å². The number of likely N-dealkylation sites (tertiary alicyclic amines) is 1. The molecule has 2 fully saturated rings. The smallest absolute Gasteiger partial charge is 0.259 e. The zero-order chi connectivity index (χ0) is 13.4. The molecule has 0 radical (unpaired) electrons. The number of carbonyl (C=O) groups is 2. The monoisotopic (exact) mass is 261 g/mol. The van der Waals surface area contributed by atoms with E-state index < -0.39 is 18.2 Å². The van der Waals surface area contributed by atoms with Gasteiger partial charge in [0.25, 0.3) is 11.8 Å². The van der Waals surface area contributed by atoms with Crippen molar-refractivity contribution in [2.24, 2.45) is 0 Å². The van der Waals surface area contributed by atoms with Crippen LogP contribution in [0.1, 0.15) is 24.4 Å². The van der Waals surface area contributed by atoms with Gasteiger partial charge in [0.2, 0.25) is 0 Å². The van der Waals surface area contributed by atoms with Crippen LogP contribution >= 0.6 is 0 Å². The van der Waals surface area contributed by atoms with Gasteiger partial charge in [-0.05, 0) is 18.4 Å². The summed E-state index contributed by atoms with van der Waals surface area (Å²) in [6.07, 6.45) is 0.109. The molecule has 1 N–H and O–H groups in total. The SMILES string of the molecule is O=C1C2CCC(O2)C(=O)N1[C@@H](CO)c1ccccc1. The highest BCUT2D eigenvalue weighted by molar-refractivity contribution is 6.02. The summed E-state index contributed by atoms with van der Waals surface area (Å²) in [4.78, 5) is 25.7. The van der Waals surface area contributed by atoms with E-state index in [1.807, 2.05) is 18.2 Å². The number of hydrogen-bond acceptors (Lipinski definition) is 4. The van der Waals surface area contributed by atoms with Crippen molar-refractivity contribution in [1.29, 1.82) is 0 Å². The second-order valence-corrected chi connectivity index (χ2v) is 4.85. The van der Waals surface area contributed by atoms with E-state index in [9.17, 15) is 14.7 Å². The van der Waals surface area contributed by atoms with Crippen LogP contribution in [-0.2, 0) is 14.3 Å². The Morgan fingerprint density at radius 2 is 1.74 bits per heavy atom. The Hall–Kier alpha value is -1.72. The molecule has 0 spiro atoms. The fourth-order valence-corrected chi connectivity index (χ4v) is 2.74. The molecule has 2 saturated heterocycles. The van der Waals surface area contributed by atoms with Gasteiger partial charge in [-0.25, -0.2) is 0 Å². The van der Waals surface area contributed by atoms with Gasteiger partial charge in [-0.15, -0.1) is 0 Å². The van der Waals surface area contributed by atoms with Crippen LogP contribution in [0.5, 0.6) is 0 Å². The lowest BCUT2D eigenvalue weighted by molar-refractivity contribution is -0.172. The van der Waals surface area contributed by atoms with Crippen molar-refractivity contribution in [2.45, 2.75) is 31.1 Å². The maximum absolute atomic E-state index is 12.2. The topological polar surface area (TPSA) is 66.8 Å². The number of carbonyl (C=O) groups excluding carboxylic acids is 2. The summed E-state index contributed by atoms with van der Waals surface area (Å²) in [5.41, 5.74) is 0.757. The molecular formula is C14H15NO4. The van der Waals surface area contributed by atoms with Gasteiger partial charge in [0.15, 0.2) is 0 Å². The number of aliphatic hydroxyl groups excluding tert-OH is 1. The number of morpholine rings is 1. The maximum Gasteiger partial charge on any atom is 0.259 e. The summed E-state index contributed by atoms with van der Waals surface area (Å²) < 4.78 is 5.36.